The molecular weight excluding hydrogens is 282 g/mol. The quantitative estimate of drug-likeness (QED) is 0.787. The molecule has 0 radical (unpaired) electrons. The van der Waals surface area contributed by atoms with E-state index in [1.165, 1.54) is 0 Å². The van der Waals surface area contributed by atoms with Crippen LogP contribution in [0.25, 0.3) is 0 Å². The first-order valence-electron chi connectivity index (χ1n) is 7.02. The monoisotopic (exact) mass is 303 g/mol. The number of carboxylic acid groups (broad SMARTS) is 1. The molecule has 1 unspecified atom stereocenters. The van der Waals surface area contributed by atoms with Crippen LogP contribution in [0.2, 0.25) is 0 Å². The highest BCUT2D eigenvalue weighted by Gasteiger charge is 2.41. The van der Waals surface area contributed by atoms with Crippen molar-refractivity contribution < 1.29 is 23.1 Å². The van der Waals surface area contributed by atoms with Gasteiger partial charge in [-0.05, 0) is 31.6 Å². The van der Waals surface area contributed by atoms with Gasteiger partial charge in [-0.3, -0.25) is 9.59 Å². The first kappa shape index (κ1) is 15.3. The van der Waals surface area contributed by atoms with Gasteiger partial charge in [0.05, 0.1) is 23.3 Å². The van der Waals surface area contributed by atoms with Crippen LogP contribution in [0.3, 0.4) is 0 Å². The van der Waals surface area contributed by atoms with Crippen LogP contribution in [0.15, 0.2) is 0 Å². The molecule has 2 N–H and O–H groups in total. The number of carbonyl (C=O) groups is 2. The molecule has 2 aliphatic rings. The molecule has 1 aliphatic carbocycles. The molecule has 20 heavy (non-hydrogen) atoms. The van der Waals surface area contributed by atoms with E-state index in [0.717, 1.165) is 0 Å². The lowest BCUT2D eigenvalue weighted by atomic mass is 9.95. The van der Waals surface area contributed by atoms with Crippen molar-refractivity contribution in [1.29, 1.82) is 0 Å². The van der Waals surface area contributed by atoms with Crippen molar-refractivity contribution in [1.82, 2.24) is 5.32 Å². The third kappa shape index (κ3) is 3.50. The fourth-order valence-electron chi connectivity index (χ4n) is 3.20. The van der Waals surface area contributed by atoms with Crippen molar-refractivity contribution in [2.45, 2.75) is 38.6 Å². The van der Waals surface area contributed by atoms with E-state index in [2.05, 4.69) is 5.32 Å². The van der Waals surface area contributed by atoms with E-state index in [-0.39, 0.29) is 29.4 Å². The second kappa shape index (κ2) is 5.71. The lowest BCUT2D eigenvalue weighted by molar-refractivity contribution is -0.146. The number of rotatable bonds is 3. The van der Waals surface area contributed by atoms with Gasteiger partial charge in [-0.1, -0.05) is 6.92 Å². The van der Waals surface area contributed by atoms with Gasteiger partial charge < -0.3 is 10.4 Å². The molecule has 0 aromatic heterocycles. The minimum atomic E-state index is -2.95. The topological polar surface area (TPSA) is 101 Å². The highest BCUT2D eigenvalue weighted by Crippen LogP contribution is 2.36. The smallest absolute Gasteiger partial charge is 0.307 e. The largest absolute Gasteiger partial charge is 0.481 e. The average molecular weight is 303 g/mol. The zero-order chi connectivity index (χ0) is 14.9. The maximum atomic E-state index is 12.2. The Morgan fingerprint density at radius 3 is 2.20 bits per heavy atom. The standard InChI is InChI=1S/C13H21NO5S/c1-8-6-10(11(7-8)13(16)17)12(15)14-9-2-4-20(18,19)5-3-9/h8-11H,2-7H2,1H3,(H,14,15)(H,16,17)/t8?,10-,11+/m0/s1. The van der Waals surface area contributed by atoms with Crippen LogP contribution in [0.4, 0.5) is 0 Å². The zero-order valence-corrected chi connectivity index (χ0v) is 12.4. The first-order valence-corrected chi connectivity index (χ1v) is 8.84. The van der Waals surface area contributed by atoms with E-state index in [0.29, 0.717) is 25.7 Å². The Hall–Kier alpha value is -1.11. The molecule has 1 heterocycles. The van der Waals surface area contributed by atoms with Gasteiger partial charge in [0.15, 0.2) is 0 Å². The molecule has 0 spiro atoms. The fourth-order valence-corrected chi connectivity index (χ4v) is 4.69. The minimum absolute atomic E-state index is 0.0986. The minimum Gasteiger partial charge on any atom is -0.481 e. The Kier molecular flexibility index (Phi) is 4.36. The number of hydrogen-bond acceptors (Lipinski definition) is 4. The summed E-state index contributed by atoms with van der Waals surface area (Å²) in [6.07, 6.45) is 1.97. The zero-order valence-electron chi connectivity index (χ0n) is 11.5. The molecule has 3 atom stereocenters. The van der Waals surface area contributed by atoms with E-state index < -0.39 is 27.6 Å². The highest BCUT2D eigenvalue weighted by atomic mass is 32.2. The Morgan fingerprint density at radius 1 is 1.10 bits per heavy atom. The summed E-state index contributed by atoms with van der Waals surface area (Å²) in [7, 11) is -2.95. The van der Waals surface area contributed by atoms with Crippen molar-refractivity contribution in [3.63, 3.8) is 0 Å². The van der Waals surface area contributed by atoms with Crippen molar-refractivity contribution in [3.05, 3.63) is 0 Å². The molecule has 7 heteroatoms. The molecular formula is C13H21NO5S. The van der Waals surface area contributed by atoms with Crippen LogP contribution in [-0.4, -0.2) is 42.9 Å². The first-order chi connectivity index (χ1) is 9.28. The van der Waals surface area contributed by atoms with Crippen molar-refractivity contribution in [2.24, 2.45) is 17.8 Å². The second-order valence-electron chi connectivity index (χ2n) is 6.06. The van der Waals surface area contributed by atoms with Crippen molar-refractivity contribution in [2.75, 3.05) is 11.5 Å². The number of nitrogens with one attached hydrogen (secondary N) is 1. The number of sulfone groups is 1. The summed E-state index contributed by atoms with van der Waals surface area (Å²) in [5.41, 5.74) is 0. The molecule has 114 valence electrons. The van der Waals surface area contributed by atoms with Gasteiger partial charge in [0.1, 0.15) is 9.84 Å². The molecule has 2 fully saturated rings. The summed E-state index contributed by atoms with van der Waals surface area (Å²) in [4.78, 5) is 23.4. The van der Waals surface area contributed by atoms with Gasteiger partial charge >= 0.3 is 5.97 Å². The summed E-state index contributed by atoms with van der Waals surface area (Å²) in [5.74, 6) is -1.81. The molecule has 0 bridgehead atoms. The van der Waals surface area contributed by atoms with Gasteiger partial charge in [0.25, 0.3) is 0 Å². The second-order valence-corrected chi connectivity index (χ2v) is 8.37. The molecule has 0 aromatic carbocycles. The summed E-state index contributed by atoms with van der Waals surface area (Å²) >= 11 is 0. The van der Waals surface area contributed by atoms with E-state index in [1.807, 2.05) is 6.92 Å². The SMILES string of the molecule is CC1C[C@H](C(=O)NC2CCS(=O)(=O)CC2)[C@H](C(=O)O)C1. The molecule has 1 saturated carbocycles. The van der Waals surface area contributed by atoms with E-state index in [1.54, 1.807) is 0 Å². The number of carboxylic acids is 1. The van der Waals surface area contributed by atoms with E-state index in [9.17, 15) is 18.0 Å². The number of amides is 1. The maximum Gasteiger partial charge on any atom is 0.307 e. The van der Waals surface area contributed by atoms with Crippen LogP contribution in [0.1, 0.15) is 32.6 Å². The van der Waals surface area contributed by atoms with Gasteiger partial charge in [-0.15, -0.1) is 0 Å². The van der Waals surface area contributed by atoms with E-state index in [4.69, 9.17) is 5.11 Å². The molecule has 2 rings (SSSR count). The third-order valence-corrected chi connectivity index (χ3v) is 6.07. The third-order valence-electron chi connectivity index (χ3n) is 4.35. The Balaban J connectivity index is 1.93. The molecule has 1 aliphatic heterocycles. The lowest BCUT2D eigenvalue weighted by Crippen LogP contribution is -2.44. The summed E-state index contributed by atoms with van der Waals surface area (Å²) in [6.45, 7) is 1.95. The summed E-state index contributed by atoms with van der Waals surface area (Å²) < 4.78 is 22.7. The lowest BCUT2D eigenvalue weighted by Gasteiger charge is -2.25. The van der Waals surface area contributed by atoms with E-state index >= 15 is 0 Å². The maximum absolute atomic E-state index is 12.2. The summed E-state index contributed by atoms with van der Waals surface area (Å²) in [6, 6.07) is -0.142. The number of carbonyl (C=O) groups excluding carboxylic acids is 1. The Morgan fingerprint density at radius 2 is 1.65 bits per heavy atom. The summed E-state index contributed by atoms with van der Waals surface area (Å²) in [5, 5.41) is 12.0. The highest BCUT2D eigenvalue weighted by molar-refractivity contribution is 7.91. The van der Waals surface area contributed by atoms with Crippen molar-refractivity contribution in [3.8, 4) is 0 Å². The Labute approximate surface area is 118 Å². The average Bonchev–Trinajstić information content (AvgIpc) is 2.74. The predicted molar refractivity (Wildman–Crippen MR) is 72.8 cm³/mol. The van der Waals surface area contributed by atoms with Gasteiger partial charge in [-0.2, -0.15) is 0 Å². The van der Waals surface area contributed by atoms with Crippen LogP contribution < -0.4 is 5.32 Å². The molecule has 0 aromatic rings. The van der Waals surface area contributed by atoms with Crippen LogP contribution in [0.5, 0.6) is 0 Å². The normalized spacial score (nSPS) is 33.8. The van der Waals surface area contributed by atoms with Gasteiger partial charge in [0.2, 0.25) is 5.91 Å². The van der Waals surface area contributed by atoms with Crippen LogP contribution in [0, 0.1) is 17.8 Å². The molecule has 6 nitrogen and oxygen atoms in total. The van der Waals surface area contributed by atoms with Crippen molar-refractivity contribution >= 4 is 21.7 Å². The van der Waals surface area contributed by atoms with Crippen LogP contribution >= 0.6 is 0 Å². The Bertz CT molecular complexity index is 487. The van der Waals surface area contributed by atoms with Crippen LogP contribution in [-0.2, 0) is 19.4 Å². The number of hydrogen-bond donors (Lipinski definition) is 2. The number of aliphatic carboxylic acids is 1. The van der Waals surface area contributed by atoms with Gasteiger partial charge in [0, 0.05) is 6.04 Å². The predicted octanol–water partition coefficient (Wildman–Crippen LogP) is 0.427. The molecule has 1 amide bonds. The molecule has 1 saturated heterocycles. The fraction of sp³-hybridized carbons (Fsp3) is 0.846. The van der Waals surface area contributed by atoms with Gasteiger partial charge in [-0.25, -0.2) is 8.42 Å².